The predicted octanol–water partition coefficient (Wildman–Crippen LogP) is 2.70. The van der Waals surface area contributed by atoms with Gasteiger partial charge in [0.05, 0.1) is 20.9 Å². The lowest BCUT2D eigenvalue weighted by molar-refractivity contribution is -0.384. The van der Waals surface area contributed by atoms with Crippen LogP contribution in [0.15, 0.2) is 47.4 Å². The molecule has 1 saturated heterocycles. The maximum atomic E-state index is 12.6. The van der Waals surface area contributed by atoms with E-state index in [0.717, 1.165) is 35.8 Å². The summed E-state index contributed by atoms with van der Waals surface area (Å²) in [5, 5.41) is 11.9. The van der Waals surface area contributed by atoms with Crippen molar-refractivity contribution in [3.63, 3.8) is 0 Å². The van der Waals surface area contributed by atoms with Gasteiger partial charge in [-0.3, -0.25) is 10.1 Å². The minimum absolute atomic E-state index is 0.0989. The van der Waals surface area contributed by atoms with Gasteiger partial charge in [-0.05, 0) is 51.2 Å². The average Bonchev–Trinajstić information content (AvgIpc) is 3.23. The van der Waals surface area contributed by atoms with Crippen molar-refractivity contribution in [1.29, 1.82) is 0 Å². The number of benzene rings is 2. The smallest absolute Gasteiger partial charge is 0.293 e. The highest BCUT2D eigenvalue weighted by Crippen LogP contribution is 2.35. The molecule has 1 fully saturated rings. The first-order valence-electron chi connectivity index (χ1n) is 10.9. The van der Waals surface area contributed by atoms with Gasteiger partial charge in [0, 0.05) is 38.2 Å². The van der Waals surface area contributed by atoms with Gasteiger partial charge in [0.1, 0.15) is 11.5 Å². The molecule has 0 bridgehead atoms. The number of nitrogens with zero attached hydrogens (tertiary/aromatic N) is 4. The molecule has 2 N–H and O–H groups in total. The van der Waals surface area contributed by atoms with Crippen molar-refractivity contribution in [2.24, 2.45) is 0 Å². The van der Waals surface area contributed by atoms with Crippen molar-refractivity contribution in [3.8, 4) is 0 Å². The number of rotatable bonds is 8. The molecule has 0 amide bonds. The quantitative estimate of drug-likeness (QED) is 0.381. The monoisotopic (exact) mass is 472 g/mol. The summed E-state index contributed by atoms with van der Waals surface area (Å²) in [6.07, 6.45) is 1.78. The summed E-state index contributed by atoms with van der Waals surface area (Å²) in [6, 6.07) is 11.9. The van der Waals surface area contributed by atoms with Crippen LogP contribution in [0, 0.1) is 10.1 Å². The maximum absolute atomic E-state index is 12.6. The Morgan fingerprint density at radius 2 is 2.06 bits per heavy atom. The molecule has 2 aromatic carbocycles. The lowest BCUT2D eigenvalue weighted by Gasteiger charge is -2.33. The van der Waals surface area contributed by atoms with Gasteiger partial charge >= 0.3 is 0 Å². The molecule has 0 saturated carbocycles. The minimum atomic E-state index is -3.84. The molecule has 3 aromatic rings. The van der Waals surface area contributed by atoms with Crippen molar-refractivity contribution in [2.45, 2.75) is 23.7 Å². The average molecular weight is 473 g/mol. The Morgan fingerprint density at radius 3 is 2.79 bits per heavy atom. The number of anilines is 1. The van der Waals surface area contributed by atoms with E-state index in [1.807, 2.05) is 48.2 Å². The number of nitrogens with one attached hydrogen (secondary N) is 2. The molecule has 0 aliphatic carbocycles. The van der Waals surface area contributed by atoms with E-state index < -0.39 is 14.9 Å². The molecule has 33 heavy (non-hydrogen) atoms. The van der Waals surface area contributed by atoms with E-state index in [4.69, 9.17) is 4.98 Å². The summed E-state index contributed by atoms with van der Waals surface area (Å²) < 4.78 is 27.7. The van der Waals surface area contributed by atoms with E-state index in [9.17, 15) is 18.5 Å². The Balaban J connectivity index is 1.58. The van der Waals surface area contributed by atoms with Crippen LogP contribution < -0.4 is 9.62 Å². The summed E-state index contributed by atoms with van der Waals surface area (Å²) in [5.74, 6) is 0.967. The Bertz CT molecular complexity index is 1220. The number of nitro groups is 1. The van der Waals surface area contributed by atoms with Gasteiger partial charge in [-0.15, -0.1) is 0 Å². The van der Waals surface area contributed by atoms with E-state index in [1.54, 1.807) is 6.07 Å². The number of hydrogen-bond donors (Lipinski definition) is 2. The third-order valence-electron chi connectivity index (χ3n) is 5.86. The molecule has 1 aliphatic rings. The van der Waals surface area contributed by atoms with E-state index in [-0.39, 0.29) is 23.0 Å². The Hall–Kier alpha value is -3.02. The van der Waals surface area contributed by atoms with Crippen molar-refractivity contribution < 1.29 is 13.3 Å². The summed E-state index contributed by atoms with van der Waals surface area (Å²) in [4.78, 5) is 23.1. The number of sulfonamides is 1. The van der Waals surface area contributed by atoms with Gasteiger partial charge in [-0.1, -0.05) is 12.1 Å². The van der Waals surface area contributed by atoms with Gasteiger partial charge in [-0.2, -0.15) is 0 Å². The lowest BCUT2D eigenvalue weighted by Crippen LogP contribution is -2.35. The third kappa shape index (κ3) is 5.15. The summed E-state index contributed by atoms with van der Waals surface area (Å²) in [6.45, 7) is 1.96. The molecule has 1 aromatic heterocycles. The number of H-pyrrole nitrogens is 1. The normalized spacial score (nSPS) is 17.1. The standard InChI is InChI=1S/C22H28N6O4S/c1-26(2)13-11-23-33(31,32)17-9-10-20(21(14-17)28(29)30)27-12-5-6-16(15-27)22-24-18-7-3-4-8-19(18)25-22/h3-4,7-10,14,16,23H,5-6,11-13,15H2,1-2H3,(H,24,25). The number of nitro benzene ring substituents is 1. The molecule has 2 heterocycles. The molecule has 0 spiro atoms. The first-order chi connectivity index (χ1) is 15.7. The number of para-hydroxylation sites is 2. The molecule has 176 valence electrons. The zero-order chi connectivity index (χ0) is 23.6. The second kappa shape index (κ2) is 9.46. The second-order valence-corrected chi connectivity index (χ2v) is 10.3. The number of aromatic nitrogens is 2. The van der Waals surface area contributed by atoms with Crippen LogP contribution in [-0.4, -0.2) is 68.5 Å². The number of imidazole rings is 1. The first kappa shape index (κ1) is 23.1. The largest absolute Gasteiger partial charge is 0.365 e. The number of piperidine rings is 1. The molecular weight excluding hydrogens is 444 g/mol. The van der Waals surface area contributed by atoms with Gasteiger partial charge < -0.3 is 14.8 Å². The van der Waals surface area contributed by atoms with Gasteiger partial charge in [0.2, 0.25) is 10.0 Å². The van der Waals surface area contributed by atoms with E-state index in [1.165, 1.54) is 6.07 Å². The van der Waals surface area contributed by atoms with E-state index in [0.29, 0.717) is 25.3 Å². The number of likely N-dealkylation sites (N-methyl/N-ethyl adjacent to an activating group) is 1. The highest BCUT2D eigenvalue weighted by atomic mass is 32.2. The van der Waals surface area contributed by atoms with Crippen LogP contribution in [0.4, 0.5) is 11.4 Å². The number of hydrogen-bond acceptors (Lipinski definition) is 7. The van der Waals surface area contributed by atoms with Crippen LogP contribution in [-0.2, 0) is 10.0 Å². The van der Waals surface area contributed by atoms with E-state index >= 15 is 0 Å². The Kier molecular flexibility index (Phi) is 6.63. The topological polar surface area (TPSA) is 124 Å². The van der Waals surface area contributed by atoms with Crippen LogP contribution in [0.1, 0.15) is 24.6 Å². The summed E-state index contributed by atoms with van der Waals surface area (Å²) in [7, 11) is -0.166. The van der Waals surface area contributed by atoms with Crippen molar-refractivity contribution in [1.82, 2.24) is 19.6 Å². The fraction of sp³-hybridized carbons (Fsp3) is 0.409. The molecule has 10 nitrogen and oxygen atoms in total. The van der Waals surface area contributed by atoms with Crippen LogP contribution in [0.5, 0.6) is 0 Å². The van der Waals surface area contributed by atoms with Crippen LogP contribution in [0.25, 0.3) is 11.0 Å². The SMILES string of the molecule is CN(C)CCNS(=O)(=O)c1ccc(N2CCCC(c3nc4ccccc4[nH]3)C2)c([N+](=O)[O-])c1. The van der Waals surface area contributed by atoms with Crippen molar-refractivity contribution in [3.05, 3.63) is 58.4 Å². The second-order valence-electron chi connectivity index (χ2n) is 8.53. The minimum Gasteiger partial charge on any atom is -0.365 e. The fourth-order valence-corrected chi connectivity index (χ4v) is 5.20. The molecule has 0 radical (unpaired) electrons. The highest BCUT2D eigenvalue weighted by molar-refractivity contribution is 7.89. The van der Waals surface area contributed by atoms with Gasteiger partial charge in [-0.25, -0.2) is 18.1 Å². The lowest BCUT2D eigenvalue weighted by atomic mass is 9.96. The van der Waals surface area contributed by atoms with Crippen molar-refractivity contribution >= 4 is 32.4 Å². The predicted molar refractivity (Wildman–Crippen MR) is 127 cm³/mol. The Labute approximate surface area is 192 Å². The number of fused-ring (bicyclic) bond motifs is 1. The zero-order valence-electron chi connectivity index (χ0n) is 18.7. The van der Waals surface area contributed by atoms with E-state index in [2.05, 4.69) is 9.71 Å². The summed E-state index contributed by atoms with van der Waals surface area (Å²) in [5.41, 5.74) is 2.07. The molecule has 1 aliphatic heterocycles. The fourth-order valence-electron chi connectivity index (χ4n) is 4.16. The van der Waals surface area contributed by atoms with Gasteiger partial charge in [0.15, 0.2) is 0 Å². The molecular formula is C22H28N6O4S. The third-order valence-corrected chi connectivity index (χ3v) is 7.32. The van der Waals surface area contributed by atoms with Crippen LogP contribution >= 0.6 is 0 Å². The van der Waals surface area contributed by atoms with Gasteiger partial charge in [0.25, 0.3) is 5.69 Å². The molecule has 1 unspecified atom stereocenters. The summed E-state index contributed by atoms with van der Waals surface area (Å²) >= 11 is 0. The molecule has 11 heteroatoms. The number of aromatic amines is 1. The van der Waals surface area contributed by atoms with Crippen LogP contribution in [0.2, 0.25) is 0 Å². The van der Waals surface area contributed by atoms with Crippen molar-refractivity contribution in [2.75, 3.05) is 45.2 Å². The molecule has 1 atom stereocenters. The Morgan fingerprint density at radius 1 is 1.27 bits per heavy atom. The first-order valence-corrected chi connectivity index (χ1v) is 12.4. The molecule has 4 rings (SSSR count). The van der Waals surface area contributed by atoms with Crippen LogP contribution in [0.3, 0.4) is 0 Å². The zero-order valence-corrected chi connectivity index (χ0v) is 19.5. The maximum Gasteiger partial charge on any atom is 0.293 e. The highest BCUT2D eigenvalue weighted by Gasteiger charge is 2.29.